The number of aromatic nitrogens is 2. The van der Waals surface area contributed by atoms with Crippen LogP contribution in [0.15, 0.2) is 18.3 Å². The zero-order valence-corrected chi connectivity index (χ0v) is 8.86. The summed E-state index contributed by atoms with van der Waals surface area (Å²) in [5, 5.41) is 8.87. The molecule has 2 aromatic heterocycles. The van der Waals surface area contributed by atoms with Gasteiger partial charge in [-0.15, -0.1) is 0 Å². The zero-order chi connectivity index (χ0) is 11.5. The van der Waals surface area contributed by atoms with Gasteiger partial charge in [-0.05, 0) is 24.1 Å². The van der Waals surface area contributed by atoms with Gasteiger partial charge in [-0.3, -0.25) is 4.98 Å². The smallest absolute Gasteiger partial charge is 0.352 e. The number of rotatable bonds is 4. The summed E-state index contributed by atoms with van der Waals surface area (Å²) >= 11 is 0. The molecule has 5 heteroatoms. The topological polar surface area (TPSA) is 75.2 Å². The zero-order valence-electron chi connectivity index (χ0n) is 8.86. The van der Waals surface area contributed by atoms with Gasteiger partial charge in [0.1, 0.15) is 5.69 Å². The van der Waals surface area contributed by atoms with E-state index in [0.29, 0.717) is 12.1 Å². The van der Waals surface area contributed by atoms with E-state index in [4.69, 9.17) is 9.84 Å². The molecule has 2 rings (SSSR count). The van der Waals surface area contributed by atoms with Crippen molar-refractivity contribution in [3.05, 3.63) is 29.6 Å². The lowest BCUT2D eigenvalue weighted by Crippen LogP contribution is -1.97. The van der Waals surface area contributed by atoms with Crippen LogP contribution in [0.4, 0.5) is 0 Å². The first-order valence-electron chi connectivity index (χ1n) is 4.91. The molecule has 0 spiro atoms. The molecule has 0 fully saturated rings. The number of fused-ring (bicyclic) bond motifs is 1. The van der Waals surface area contributed by atoms with Crippen molar-refractivity contribution in [1.29, 1.82) is 0 Å². The quantitative estimate of drug-likeness (QED) is 0.817. The number of carboxylic acid groups (broad SMARTS) is 1. The Morgan fingerprint density at radius 3 is 3.12 bits per heavy atom. The number of nitrogens with zero attached hydrogens (tertiary/aromatic N) is 1. The van der Waals surface area contributed by atoms with Crippen LogP contribution in [-0.2, 0) is 11.2 Å². The van der Waals surface area contributed by atoms with Crippen LogP contribution in [0.3, 0.4) is 0 Å². The first-order chi connectivity index (χ1) is 7.72. The van der Waals surface area contributed by atoms with Gasteiger partial charge in [0.25, 0.3) is 0 Å². The monoisotopic (exact) mass is 220 g/mol. The average molecular weight is 220 g/mol. The van der Waals surface area contributed by atoms with Crippen LogP contribution in [0.1, 0.15) is 16.1 Å². The molecule has 0 radical (unpaired) electrons. The highest BCUT2D eigenvalue weighted by Gasteiger charge is 2.10. The first-order valence-corrected chi connectivity index (χ1v) is 4.91. The van der Waals surface area contributed by atoms with Crippen LogP contribution in [0, 0.1) is 0 Å². The standard InChI is InChI=1S/C11H12N2O3/c1-16-5-3-7-2-4-12-8-6-9(11(14)15)13-10(7)8/h2,4,6,13H,3,5H2,1H3,(H,14,15). The number of ether oxygens (including phenoxy) is 1. The highest BCUT2D eigenvalue weighted by atomic mass is 16.5. The summed E-state index contributed by atoms with van der Waals surface area (Å²) in [7, 11) is 1.63. The maximum absolute atomic E-state index is 10.8. The lowest BCUT2D eigenvalue weighted by Gasteiger charge is -2.01. The van der Waals surface area contributed by atoms with E-state index in [-0.39, 0.29) is 5.69 Å². The van der Waals surface area contributed by atoms with E-state index in [9.17, 15) is 4.79 Å². The lowest BCUT2D eigenvalue weighted by molar-refractivity contribution is 0.0691. The minimum atomic E-state index is -0.976. The molecule has 0 bridgehead atoms. The number of carboxylic acids is 1. The minimum Gasteiger partial charge on any atom is -0.477 e. The second-order valence-electron chi connectivity index (χ2n) is 3.46. The Morgan fingerprint density at radius 1 is 1.62 bits per heavy atom. The summed E-state index contributed by atoms with van der Waals surface area (Å²) in [6.07, 6.45) is 2.40. The molecule has 2 heterocycles. The van der Waals surface area contributed by atoms with Gasteiger partial charge in [0, 0.05) is 13.3 Å². The first kappa shape index (κ1) is 10.6. The Labute approximate surface area is 92.1 Å². The van der Waals surface area contributed by atoms with Crippen molar-refractivity contribution in [2.75, 3.05) is 13.7 Å². The predicted molar refractivity (Wildman–Crippen MR) is 58.6 cm³/mol. The molecule has 0 aromatic carbocycles. The van der Waals surface area contributed by atoms with Crippen LogP contribution in [0.2, 0.25) is 0 Å². The van der Waals surface area contributed by atoms with Crippen molar-refractivity contribution in [3.8, 4) is 0 Å². The third kappa shape index (κ3) is 1.90. The Hall–Kier alpha value is -1.88. The Morgan fingerprint density at radius 2 is 2.44 bits per heavy atom. The van der Waals surface area contributed by atoms with Crippen molar-refractivity contribution in [2.45, 2.75) is 6.42 Å². The summed E-state index contributed by atoms with van der Waals surface area (Å²) in [4.78, 5) is 17.8. The normalized spacial score (nSPS) is 10.8. The number of nitrogens with one attached hydrogen (secondary N) is 1. The molecular weight excluding hydrogens is 208 g/mol. The Bertz CT molecular complexity index is 519. The second kappa shape index (κ2) is 4.32. The maximum atomic E-state index is 10.8. The van der Waals surface area contributed by atoms with Gasteiger partial charge in [0.15, 0.2) is 0 Å². The van der Waals surface area contributed by atoms with Crippen LogP contribution in [-0.4, -0.2) is 34.8 Å². The number of carbonyl (C=O) groups is 1. The van der Waals surface area contributed by atoms with E-state index in [2.05, 4.69) is 9.97 Å². The third-order valence-electron chi connectivity index (χ3n) is 2.41. The molecule has 0 unspecified atom stereocenters. The van der Waals surface area contributed by atoms with Gasteiger partial charge in [-0.1, -0.05) is 0 Å². The fraction of sp³-hybridized carbons (Fsp3) is 0.273. The molecule has 5 nitrogen and oxygen atoms in total. The third-order valence-corrected chi connectivity index (χ3v) is 2.41. The molecule has 0 atom stereocenters. The van der Waals surface area contributed by atoms with E-state index < -0.39 is 5.97 Å². The van der Waals surface area contributed by atoms with Gasteiger partial charge in [0.05, 0.1) is 17.6 Å². The van der Waals surface area contributed by atoms with Crippen molar-refractivity contribution in [2.24, 2.45) is 0 Å². The van der Waals surface area contributed by atoms with Crippen LogP contribution >= 0.6 is 0 Å². The minimum absolute atomic E-state index is 0.160. The summed E-state index contributed by atoms with van der Waals surface area (Å²) in [5.74, 6) is -0.976. The van der Waals surface area contributed by atoms with Crippen molar-refractivity contribution in [1.82, 2.24) is 9.97 Å². The van der Waals surface area contributed by atoms with Gasteiger partial charge in [0.2, 0.25) is 0 Å². The van der Waals surface area contributed by atoms with E-state index in [1.54, 1.807) is 13.3 Å². The lowest BCUT2D eigenvalue weighted by atomic mass is 10.2. The number of hydrogen-bond donors (Lipinski definition) is 2. The highest BCUT2D eigenvalue weighted by Crippen LogP contribution is 2.17. The molecule has 84 valence electrons. The average Bonchev–Trinajstić information content (AvgIpc) is 2.70. The number of hydrogen-bond acceptors (Lipinski definition) is 3. The van der Waals surface area contributed by atoms with Crippen molar-refractivity contribution >= 4 is 17.0 Å². The second-order valence-corrected chi connectivity index (χ2v) is 3.46. The summed E-state index contributed by atoms with van der Waals surface area (Å²) in [5.41, 5.74) is 2.62. The molecular formula is C11H12N2O3. The number of aromatic amines is 1. The number of H-pyrrole nitrogens is 1. The van der Waals surface area contributed by atoms with E-state index in [1.807, 2.05) is 6.07 Å². The molecule has 16 heavy (non-hydrogen) atoms. The summed E-state index contributed by atoms with van der Waals surface area (Å²) in [6.45, 7) is 0.598. The van der Waals surface area contributed by atoms with Gasteiger partial charge in [-0.2, -0.15) is 0 Å². The van der Waals surface area contributed by atoms with Gasteiger partial charge in [-0.25, -0.2) is 4.79 Å². The number of pyridine rings is 1. The Kier molecular flexibility index (Phi) is 2.87. The van der Waals surface area contributed by atoms with E-state index >= 15 is 0 Å². The maximum Gasteiger partial charge on any atom is 0.352 e. The fourth-order valence-corrected chi connectivity index (χ4v) is 1.62. The largest absolute Gasteiger partial charge is 0.477 e. The summed E-state index contributed by atoms with van der Waals surface area (Å²) < 4.78 is 5.00. The van der Waals surface area contributed by atoms with E-state index in [1.165, 1.54) is 6.07 Å². The molecule has 0 aliphatic heterocycles. The fourth-order valence-electron chi connectivity index (χ4n) is 1.62. The molecule has 2 N–H and O–H groups in total. The number of aromatic carboxylic acids is 1. The molecule has 0 saturated carbocycles. The summed E-state index contributed by atoms with van der Waals surface area (Å²) in [6, 6.07) is 3.40. The molecule has 0 aliphatic carbocycles. The van der Waals surface area contributed by atoms with Crippen molar-refractivity contribution in [3.63, 3.8) is 0 Å². The van der Waals surface area contributed by atoms with Crippen molar-refractivity contribution < 1.29 is 14.6 Å². The number of methoxy groups -OCH3 is 1. The van der Waals surface area contributed by atoms with Gasteiger partial charge >= 0.3 is 5.97 Å². The van der Waals surface area contributed by atoms with Crippen LogP contribution < -0.4 is 0 Å². The van der Waals surface area contributed by atoms with Crippen LogP contribution in [0.5, 0.6) is 0 Å². The molecule has 0 amide bonds. The van der Waals surface area contributed by atoms with E-state index in [0.717, 1.165) is 17.5 Å². The SMILES string of the molecule is COCCc1ccnc2cc(C(=O)O)[nH]c12. The van der Waals surface area contributed by atoms with Crippen LogP contribution in [0.25, 0.3) is 11.0 Å². The molecule has 0 aliphatic rings. The van der Waals surface area contributed by atoms with Gasteiger partial charge < -0.3 is 14.8 Å². The molecule has 2 aromatic rings. The highest BCUT2D eigenvalue weighted by molar-refractivity contribution is 5.93. The predicted octanol–water partition coefficient (Wildman–Crippen LogP) is 1.45. The molecule has 0 saturated heterocycles. The Balaban J connectivity index is 2.45.